The zero-order valence-electron chi connectivity index (χ0n) is 12.3. The first-order valence-electron chi connectivity index (χ1n) is 7.69. The van der Waals surface area contributed by atoms with Gasteiger partial charge in [-0.05, 0) is 44.2 Å². The van der Waals surface area contributed by atoms with E-state index in [1.54, 1.807) is 0 Å². The Morgan fingerprint density at radius 2 is 1.95 bits per heavy atom. The molecule has 1 saturated heterocycles. The monoisotopic (exact) mass is 261 g/mol. The molecular formula is C17H27NO. The number of rotatable bonds is 6. The Bertz CT molecular complexity index is 359. The van der Waals surface area contributed by atoms with E-state index < -0.39 is 0 Å². The van der Waals surface area contributed by atoms with Crippen molar-refractivity contribution in [3.63, 3.8) is 0 Å². The van der Waals surface area contributed by atoms with Crippen molar-refractivity contribution in [1.82, 2.24) is 5.32 Å². The summed E-state index contributed by atoms with van der Waals surface area (Å²) in [6.45, 7) is 6.47. The standard InChI is InChI=1S/C17H27NO/c1-3-17(4-2)14-16(11-13-19-17)18-12-10-15-8-6-5-7-9-15/h5-9,16,18H,3-4,10-14H2,1-2H3. The Morgan fingerprint density at radius 3 is 2.63 bits per heavy atom. The molecule has 0 bridgehead atoms. The fourth-order valence-electron chi connectivity index (χ4n) is 3.01. The third-order valence-electron chi connectivity index (χ3n) is 4.47. The van der Waals surface area contributed by atoms with Crippen molar-refractivity contribution in [3.8, 4) is 0 Å². The van der Waals surface area contributed by atoms with E-state index in [-0.39, 0.29) is 5.60 Å². The molecule has 2 nitrogen and oxygen atoms in total. The lowest BCUT2D eigenvalue weighted by molar-refractivity contribution is -0.0929. The van der Waals surface area contributed by atoms with Gasteiger partial charge in [0, 0.05) is 12.6 Å². The van der Waals surface area contributed by atoms with Gasteiger partial charge >= 0.3 is 0 Å². The first kappa shape index (κ1) is 14.5. The average Bonchev–Trinajstić information content (AvgIpc) is 2.48. The second-order valence-corrected chi connectivity index (χ2v) is 5.62. The Kier molecular flexibility index (Phi) is 5.41. The summed E-state index contributed by atoms with van der Waals surface area (Å²) in [6.07, 6.45) is 5.68. The van der Waals surface area contributed by atoms with Crippen LogP contribution in [0.3, 0.4) is 0 Å². The largest absolute Gasteiger partial charge is 0.375 e. The van der Waals surface area contributed by atoms with Crippen molar-refractivity contribution in [3.05, 3.63) is 35.9 Å². The van der Waals surface area contributed by atoms with Gasteiger partial charge < -0.3 is 10.1 Å². The molecule has 1 aliphatic rings. The highest BCUT2D eigenvalue weighted by Gasteiger charge is 2.33. The smallest absolute Gasteiger partial charge is 0.0692 e. The summed E-state index contributed by atoms with van der Waals surface area (Å²) in [5.74, 6) is 0. The summed E-state index contributed by atoms with van der Waals surface area (Å²) in [5, 5.41) is 3.71. The molecule has 1 N–H and O–H groups in total. The Morgan fingerprint density at radius 1 is 1.21 bits per heavy atom. The highest BCUT2D eigenvalue weighted by molar-refractivity contribution is 5.14. The summed E-state index contributed by atoms with van der Waals surface area (Å²) in [6, 6.07) is 11.3. The summed E-state index contributed by atoms with van der Waals surface area (Å²) in [5.41, 5.74) is 1.54. The zero-order valence-corrected chi connectivity index (χ0v) is 12.3. The van der Waals surface area contributed by atoms with E-state index in [1.165, 1.54) is 5.56 Å². The van der Waals surface area contributed by atoms with Crippen molar-refractivity contribution in [2.75, 3.05) is 13.2 Å². The van der Waals surface area contributed by atoms with E-state index in [4.69, 9.17) is 4.74 Å². The molecule has 0 spiro atoms. The van der Waals surface area contributed by atoms with Crippen LogP contribution in [-0.2, 0) is 11.2 Å². The molecule has 19 heavy (non-hydrogen) atoms. The molecular weight excluding hydrogens is 234 g/mol. The van der Waals surface area contributed by atoms with E-state index >= 15 is 0 Å². The molecule has 0 saturated carbocycles. The van der Waals surface area contributed by atoms with E-state index in [0.29, 0.717) is 6.04 Å². The van der Waals surface area contributed by atoms with Crippen molar-refractivity contribution in [2.45, 2.75) is 57.6 Å². The highest BCUT2D eigenvalue weighted by Crippen LogP contribution is 2.31. The van der Waals surface area contributed by atoms with E-state index in [2.05, 4.69) is 49.5 Å². The van der Waals surface area contributed by atoms with Crippen LogP contribution in [0.1, 0.15) is 45.1 Å². The summed E-state index contributed by atoms with van der Waals surface area (Å²) >= 11 is 0. The Hall–Kier alpha value is -0.860. The minimum Gasteiger partial charge on any atom is -0.375 e. The number of benzene rings is 1. The van der Waals surface area contributed by atoms with Gasteiger partial charge in [-0.2, -0.15) is 0 Å². The van der Waals surface area contributed by atoms with Gasteiger partial charge in [0.25, 0.3) is 0 Å². The number of ether oxygens (including phenoxy) is 1. The molecule has 1 fully saturated rings. The molecule has 2 heteroatoms. The Labute approximate surface area is 117 Å². The molecule has 1 atom stereocenters. The average molecular weight is 261 g/mol. The van der Waals surface area contributed by atoms with Crippen LogP contribution in [-0.4, -0.2) is 24.8 Å². The summed E-state index contributed by atoms with van der Waals surface area (Å²) < 4.78 is 6.02. The topological polar surface area (TPSA) is 21.3 Å². The SMILES string of the molecule is CCC1(CC)CC(NCCc2ccccc2)CCO1. The predicted octanol–water partition coefficient (Wildman–Crippen LogP) is 3.56. The van der Waals surface area contributed by atoms with Crippen LogP contribution >= 0.6 is 0 Å². The van der Waals surface area contributed by atoms with E-state index in [0.717, 1.165) is 45.3 Å². The van der Waals surface area contributed by atoms with Crippen LogP contribution in [0.15, 0.2) is 30.3 Å². The van der Waals surface area contributed by atoms with Crippen LogP contribution in [0, 0.1) is 0 Å². The van der Waals surface area contributed by atoms with Gasteiger partial charge in [0.05, 0.1) is 5.60 Å². The third kappa shape index (κ3) is 4.05. The molecule has 0 radical (unpaired) electrons. The number of nitrogens with one attached hydrogen (secondary N) is 1. The maximum absolute atomic E-state index is 6.02. The lowest BCUT2D eigenvalue weighted by Gasteiger charge is -2.40. The van der Waals surface area contributed by atoms with Crippen molar-refractivity contribution < 1.29 is 4.74 Å². The molecule has 2 rings (SSSR count). The maximum Gasteiger partial charge on any atom is 0.0692 e. The summed E-state index contributed by atoms with van der Waals surface area (Å²) in [7, 11) is 0. The fraction of sp³-hybridized carbons (Fsp3) is 0.647. The second kappa shape index (κ2) is 7.06. The minimum atomic E-state index is 0.128. The maximum atomic E-state index is 6.02. The molecule has 1 unspecified atom stereocenters. The van der Waals surface area contributed by atoms with Gasteiger partial charge in [0.15, 0.2) is 0 Å². The van der Waals surface area contributed by atoms with Gasteiger partial charge in [-0.15, -0.1) is 0 Å². The molecule has 1 aromatic carbocycles. The lowest BCUT2D eigenvalue weighted by Crippen LogP contribution is -2.46. The quantitative estimate of drug-likeness (QED) is 0.845. The van der Waals surface area contributed by atoms with Gasteiger partial charge in [-0.3, -0.25) is 0 Å². The number of hydrogen-bond donors (Lipinski definition) is 1. The van der Waals surface area contributed by atoms with Gasteiger partial charge in [0.1, 0.15) is 0 Å². The lowest BCUT2D eigenvalue weighted by atomic mass is 9.86. The first-order chi connectivity index (χ1) is 9.28. The fourth-order valence-corrected chi connectivity index (χ4v) is 3.01. The van der Waals surface area contributed by atoms with Crippen molar-refractivity contribution in [1.29, 1.82) is 0 Å². The molecule has 106 valence electrons. The van der Waals surface area contributed by atoms with E-state index in [1.807, 2.05) is 0 Å². The zero-order chi connectivity index (χ0) is 13.6. The molecule has 0 aliphatic carbocycles. The summed E-state index contributed by atoms with van der Waals surface area (Å²) in [4.78, 5) is 0. The Balaban J connectivity index is 1.77. The normalized spacial score (nSPS) is 22.3. The van der Waals surface area contributed by atoms with Gasteiger partial charge in [-0.25, -0.2) is 0 Å². The van der Waals surface area contributed by atoms with Crippen molar-refractivity contribution in [2.24, 2.45) is 0 Å². The highest BCUT2D eigenvalue weighted by atomic mass is 16.5. The van der Waals surface area contributed by atoms with Crippen LogP contribution in [0.2, 0.25) is 0 Å². The molecule has 0 aromatic heterocycles. The predicted molar refractivity (Wildman–Crippen MR) is 80.4 cm³/mol. The molecule has 1 aliphatic heterocycles. The minimum absolute atomic E-state index is 0.128. The molecule has 0 amide bonds. The third-order valence-corrected chi connectivity index (χ3v) is 4.47. The number of hydrogen-bond acceptors (Lipinski definition) is 2. The first-order valence-corrected chi connectivity index (χ1v) is 7.69. The van der Waals surface area contributed by atoms with Crippen LogP contribution in [0.5, 0.6) is 0 Å². The molecule has 1 heterocycles. The van der Waals surface area contributed by atoms with Crippen LogP contribution in [0.25, 0.3) is 0 Å². The second-order valence-electron chi connectivity index (χ2n) is 5.62. The van der Waals surface area contributed by atoms with Crippen LogP contribution < -0.4 is 5.32 Å². The van der Waals surface area contributed by atoms with E-state index in [9.17, 15) is 0 Å². The van der Waals surface area contributed by atoms with Gasteiger partial charge in [0.2, 0.25) is 0 Å². The van der Waals surface area contributed by atoms with Crippen LogP contribution in [0.4, 0.5) is 0 Å². The molecule has 1 aromatic rings. The van der Waals surface area contributed by atoms with Gasteiger partial charge in [-0.1, -0.05) is 44.2 Å². The van der Waals surface area contributed by atoms with Crippen molar-refractivity contribution >= 4 is 0 Å².